The summed E-state index contributed by atoms with van der Waals surface area (Å²) in [6.45, 7) is 1.81. The Morgan fingerprint density at radius 2 is 1.79 bits per heavy atom. The molecular formula is C17H22N2O4S. The van der Waals surface area contributed by atoms with E-state index in [0.29, 0.717) is 11.8 Å². The fourth-order valence-corrected chi connectivity index (χ4v) is 4.11. The van der Waals surface area contributed by atoms with E-state index < -0.39 is 22.0 Å². The summed E-state index contributed by atoms with van der Waals surface area (Å²) in [5, 5.41) is 10.6. The largest absolute Gasteiger partial charge is 0.480 e. The zero-order chi connectivity index (χ0) is 17.9. The van der Waals surface area contributed by atoms with Crippen molar-refractivity contribution in [3.63, 3.8) is 0 Å². The molecule has 0 amide bonds. The van der Waals surface area contributed by atoms with Crippen LogP contribution in [0.15, 0.2) is 41.3 Å². The van der Waals surface area contributed by atoms with Crippen molar-refractivity contribution in [3.05, 3.63) is 36.4 Å². The lowest BCUT2D eigenvalue weighted by atomic mass is 10.1. The third kappa shape index (κ3) is 3.68. The van der Waals surface area contributed by atoms with Crippen molar-refractivity contribution in [1.82, 2.24) is 4.72 Å². The topological polar surface area (TPSA) is 86.7 Å². The lowest BCUT2D eigenvalue weighted by molar-refractivity contribution is -0.139. The molecule has 6 nitrogen and oxygen atoms in total. The minimum atomic E-state index is -3.95. The summed E-state index contributed by atoms with van der Waals surface area (Å²) in [5.41, 5.74) is 0.896. The Kier molecular flexibility index (Phi) is 5.46. The molecule has 0 radical (unpaired) electrons. The maximum Gasteiger partial charge on any atom is 0.321 e. The minimum absolute atomic E-state index is 0.0889. The van der Waals surface area contributed by atoms with Gasteiger partial charge in [-0.15, -0.1) is 0 Å². The maximum atomic E-state index is 12.7. The molecule has 0 saturated heterocycles. The molecule has 0 aliphatic rings. The number of carbonyl (C=O) groups is 1. The van der Waals surface area contributed by atoms with Crippen molar-refractivity contribution < 1.29 is 18.3 Å². The number of carboxylic acids is 1. The molecular weight excluding hydrogens is 328 g/mol. The van der Waals surface area contributed by atoms with Gasteiger partial charge in [-0.25, -0.2) is 8.42 Å². The molecule has 130 valence electrons. The third-order valence-corrected chi connectivity index (χ3v) is 5.33. The van der Waals surface area contributed by atoms with E-state index >= 15 is 0 Å². The highest BCUT2D eigenvalue weighted by Gasteiger charge is 2.26. The first kappa shape index (κ1) is 18.2. The molecule has 0 spiro atoms. The van der Waals surface area contributed by atoms with Gasteiger partial charge in [-0.1, -0.05) is 37.6 Å². The van der Waals surface area contributed by atoms with Gasteiger partial charge in [0.15, 0.2) is 0 Å². The van der Waals surface area contributed by atoms with E-state index in [4.69, 9.17) is 0 Å². The monoisotopic (exact) mass is 350 g/mol. The Labute approximate surface area is 142 Å². The van der Waals surface area contributed by atoms with Crippen LogP contribution < -0.4 is 9.62 Å². The van der Waals surface area contributed by atoms with Gasteiger partial charge >= 0.3 is 5.97 Å². The quantitative estimate of drug-likeness (QED) is 0.801. The number of carboxylic acid groups (broad SMARTS) is 1. The first-order valence-corrected chi connectivity index (χ1v) is 9.20. The normalized spacial score (nSPS) is 13.0. The van der Waals surface area contributed by atoms with Crippen molar-refractivity contribution in [1.29, 1.82) is 0 Å². The summed E-state index contributed by atoms with van der Waals surface area (Å²) in [7, 11) is -0.175. The molecule has 0 aromatic heterocycles. The van der Waals surface area contributed by atoms with E-state index in [9.17, 15) is 18.3 Å². The van der Waals surface area contributed by atoms with Crippen LogP contribution in [0.5, 0.6) is 0 Å². The number of nitrogens with one attached hydrogen (secondary N) is 1. The lowest BCUT2D eigenvalue weighted by Crippen LogP contribution is -2.40. The summed E-state index contributed by atoms with van der Waals surface area (Å²) >= 11 is 0. The molecule has 1 atom stereocenters. The van der Waals surface area contributed by atoms with Crippen LogP contribution in [0.2, 0.25) is 0 Å². The molecule has 0 fully saturated rings. The standard InChI is InChI=1S/C17H22N2O4S/c1-4-7-14(17(20)21)18-24(22,23)16-11-6-8-12-13(16)9-5-10-15(12)19(2)3/h5-6,8-11,14,18H,4,7H2,1-3H3,(H,20,21). The van der Waals surface area contributed by atoms with Gasteiger partial charge in [0.1, 0.15) is 6.04 Å². The fourth-order valence-electron chi connectivity index (χ4n) is 2.66. The summed E-state index contributed by atoms with van der Waals surface area (Å²) in [5.74, 6) is -1.17. The molecule has 1 unspecified atom stereocenters. The highest BCUT2D eigenvalue weighted by Crippen LogP contribution is 2.30. The molecule has 0 aliphatic heterocycles. The van der Waals surface area contributed by atoms with Gasteiger partial charge in [-0.3, -0.25) is 4.79 Å². The van der Waals surface area contributed by atoms with E-state index in [2.05, 4.69) is 4.72 Å². The zero-order valence-corrected chi connectivity index (χ0v) is 14.8. The number of nitrogens with zero attached hydrogens (tertiary/aromatic N) is 1. The number of benzene rings is 2. The molecule has 0 heterocycles. The van der Waals surface area contributed by atoms with Crippen LogP contribution in [0.3, 0.4) is 0 Å². The zero-order valence-electron chi connectivity index (χ0n) is 14.0. The predicted octanol–water partition coefficient (Wildman–Crippen LogP) is 2.44. The van der Waals surface area contributed by atoms with Gasteiger partial charge in [0, 0.05) is 30.6 Å². The van der Waals surface area contributed by atoms with Gasteiger partial charge in [0.2, 0.25) is 10.0 Å². The van der Waals surface area contributed by atoms with Crippen molar-refractivity contribution >= 4 is 32.5 Å². The van der Waals surface area contributed by atoms with E-state index in [0.717, 1.165) is 11.1 Å². The van der Waals surface area contributed by atoms with Gasteiger partial charge < -0.3 is 10.0 Å². The number of fused-ring (bicyclic) bond motifs is 1. The fraction of sp³-hybridized carbons (Fsp3) is 0.353. The highest BCUT2D eigenvalue weighted by molar-refractivity contribution is 7.89. The smallest absolute Gasteiger partial charge is 0.321 e. The van der Waals surface area contributed by atoms with Crippen LogP contribution in [-0.2, 0) is 14.8 Å². The SMILES string of the molecule is CCCC(NS(=O)(=O)c1cccc2c(N(C)C)cccc12)C(=O)O. The second kappa shape index (κ2) is 7.19. The second-order valence-electron chi connectivity index (χ2n) is 5.82. The molecule has 0 aliphatic carbocycles. The van der Waals surface area contributed by atoms with Gasteiger partial charge in [0.25, 0.3) is 0 Å². The van der Waals surface area contributed by atoms with E-state index in [1.807, 2.05) is 38.1 Å². The first-order chi connectivity index (χ1) is 11.3. The summed E-state index contributed by atoms with van der Waals surface area (Å²) in [6, 6.07) is 9.30. The Balaban J connectivity index is 2.55. The Bertz CT molecular complexity index is 847. The summed E-state index contributed by atoms with van der Waals surface area (Å²) < 4.78 is 27.8. The van der Waals surface area contributed by atoms with Crippen molar-refractivity contribution in [2.24, 2.45) is 0 Å². The van der Waals surface area contributed by atoms with Crippen LogP contribution in [-0.4, -0.2) is 39.6 Å². The van der Waals surface area contributed by atoms with Crippen LogP contribution in [0.4, 0.5) is 5.69 Å². The van der Waals surface area contributed by atoms with Crippen molar-refractivity contribution in [3.8, 4) is 0 Å². The van der Waals surface area contributed by atoms with Crippen LogP contribution in [0.25, 0.3) is 10.8 Å². The molecule has 0 saturated carbocycles. The Morgan fingerprint density at radius 3 is 2.38 bits per heavy atom. The number of sulfonamides is 1. The summed E-state index contributed by atoms with van der Waals surface area (Å²) in [4.78, 5) is 13.3. The minimum Gasteiger partial charge on any atom is -0.480 e. The molecule has 2 rings (SSSR count). The highest BCUT2D eigenvalue weighted by atomic mass is 32.2. The summed E-state index contributed by atoms with van der Waals surface area (Å²) in [6.07, 6.45) is 0.808. The maximum absolute atomic E-state index is 12.7. The van der Waals surface area contributed by atoms with Crippen LogP contribution in [0.1, 0.15) is 19.8 Å². The van der Waals surface area contributed by atoms with E-state index in [1.165, 1.54) is 6.07 Å². The number of hydrogen-bond acceptors (Lipinski definition) is 4. The van der Waals surface area contributed by atoms with E-state index in [1.54, 1.807) is 18.2 Å². The third-order valence-electron chi connectivity index (χ3n) is 3.80. The molecule has 2 aromatic rings. The number of anilines is 1. The molecule has 2 N–H and O–H groups in total. The number of aliphatic carboxylic acids is 1. The molecule has 24 heavy (non-hydrogen) atoms. The van der Waals surface area contributed by atoms with Gasteiger partial charge in [-0.05, 0) is 18.6 Å². The molecule has 2 aromatic carbocycles. The first-order valence-electron chi connectivity index (χ1n) is 7.72. The average molecular weight is 350 g/mol. The van der Waals surface area contributed by atoms with Gasteiger partial charge in [-0.2, -0.15) is 4.72 Å². The number of rotatable bonds is 7. The Hall–Kier alpha value is -2.12. The van der Waals surface area contributed by atoms with E-state index in [-0.39, 0.29) is 11.3 Å². The molecule has 0 bridgehead atoms. The Morgan fingerprint density at radius 1 is 1.17 bits per heavy atom. The van der Waals surface area contributed by atoms with Crippen LogP contribution >= 0.6 is 0 Å². The van der Waals surface area contributed by atoms with Crippen molar-refractivity contribution in [2.45, 2.75) is 30.7 Å². The number of hydrogen-bond donors (Lipinski definition) is 2. The average Bonchev–Trinajstić information content (AvgIpc) is 2.52. The van der Waals surface area contributed by atoms with Crippen molar-refractivity contribution in [2.75, 3.05) is 19.0 Å². The predicted molar refractivity (Wildman–Crippen MR) is 94.9 cm³/mol. The molecule has 7 heteroatoms. The van der Waals surface area contributed by atoms with Gasteiger partial charge in [0.05, 0.1) is 4.90 Å². The van der Waals surface area contributed by atoms with Crippen LogP contribution in [0, 0.1) is 0 Å². The lowest BCUT2D eigenvalue weighted by Gasteiger charge is -2.18. The second-order valence-corrected chi connectivity index (χ2v) is 7.51.